The Hall–Kier alpha value is -2.20. The summed E-state index contributed by atoms with van der Waals surface area (Å²) in [5.74, 6) is -0.102. The number of nitrogens with zero attached hydrogens (tertiary/aromatic N) is 2. The van der Waals surface area contributed by atoms with Crippen LogP contribution in [0.4, 0.5) is 0 Å². The molecule has 0 saturated carbocycles. The summed E-state index contributed by atoms with van der Waals surface area (Å²) in [5.41, 5.74) is 7.80. The molecule has 2 rings (SSSR count). The van der Waals surface area contributed by atoms with Crippen molar-refractivity contribution in [3.63, 3.8) is 0 Å². The van der Waals surface area contributed by atoms with E-state index < -0.39 is 6.04 Å². The van der Waals surface area contributed by atoms with Crippen molar-refractivity contribution >= 4 is 5.91 Å². The van der Waals surface area contributed by atoms with E-state index in [1.807, 2.05) is 42.5 Å². The Labute approximate surface area is 112 Å². The normalized spacial score (nSPS) is 11.9. The van der Waals surface area contributed by atoms with Crippen LogP contribution in [0.15, 0.2) is 54.9 Å². The van der Waals surface area contributed by atoms with E-state index in [9.17, 15) is 4.79 Å². The molecule has 2 aromatic rings. The van der Waals surface area contributed by atoms with Gasteiger partial charge in [0.25, 0.3) is 0 Å². The smallest absolute Gasteiger partial charge is 0.244 e. The van der Waals surface area contributed by atoms with Crippen LogP contribution in [-0.4, -0.2) is 22.8 Å². The minimum atomic E-state index is -0.622. The molecule has 0 aliphatic heterocycles. The zero-order valence-corrected chi connectivity index (χ0v) is 10.9. The van der Waals surface area contributed by atoms with Crippen LogP contribution in [-0.2, 0) is 11.3 Å². The fourth-order valence-electron chi connectivity index (χ4n) is 1.88. The molecule has 4 nitrogen and oxygen atoms in total. The minimum Gasteiger partial charge on any atom is -0.340 e. The number of pyridine rings is 1. The van der Waals surface area contributed by atoms with Crippen molar-refractivity contribution in [1.82, 2.24) is 9.88 Å². The highest BCUT2D eigenvalue weighted by molar-refractivity contribution is 5.82. The predicted molar refractivity (Wildman–Crippen MR) is 74.1 cm³/mol. The van der Waals surface area contributed by atoms with E-state index in [4.69, 9.17) is 5.73 Å². The largest absolute Gasteiger partial charge is 0.340 e. The van der Waals surface area contributed by atoms with Gasteiger partial charge in [-0.2, -0.15) is 0 Å². The van der Waals surface area contributed by atoms with Crippen LogP contribution in [0.25, 0.3) is 0 Å². The number of carbonyl (C=O) groups is 1. The lowest BCUT2D eigenvalue weighted by atomic mass is 10.1. The third-order valence-electron chi connectivity index (χ3n) is 2.94. The summed E-state index contributed by atoms with van der Waals surface area (Å²) in [5, 5.41) is 0. The first-order chi connectivity index (χ1) is 9.18. The molecule has 0 radical (unpaired) electrons. The number of benzene rings is 1. The fraction of sp³-hybridized carbons (Fsp3) is 0.200. The second-order valence-electron chi connectivity index (χ2n) is 4.44. The van der Waals surface area contributed by atoms with E-state index in [1.54, 1.807) is 24.3 Å². The quantitative estimate of drug-likeness (QED) is 0.905. The van der Waals surface area contributed by atoms with E-state index in [0.29, 0.717) is 6.54 Å². The number of carbonyl (C=O) groups excluding carboxylic acids is 1. The summed E-state index contributed by atoms with van der Waals surface area (Å²) >= 11 is 0. The molecule has 0 spiro atoms. The molecule has 0 aliphatic carbocycles. The van der Waals surface area contributed by atoms with Crippen molar-refractivity contribution in [1.29, 1.82) is 0 Å². The van der Waals surface area contributed by atoms with E-state index in [2.05, 4.69) is 4.98 Å². The molecule has 0 aliphatic rings. The van der Waals surface area contributed by atoms with Crippen molar-refractivity contribution in [2.24, 2.45) is 5.73 Å². The van der Waals surface area contributed by atoms with Gasteiger partial charge < -0.3 is 10.6 Å². The average molecular weight is 255 g/mol. The summed E-state index contributed by atoms with van der Waals surface area (Å²) in [6, 6.07) is 12.5. The van der Waals surface area contributed by atoms with Gasteiger partial charge in [-0.15, -0.1) is 0 Å². The number of likely N-dealkylation sites (N-methyl/N-ethyl adjacent to an activating group) is 1. The van der Waals surface area contributed by atoms with Crippen LogP contribution in [0.1, 0.15) is 17.2 Å². The summed E-state index contributed by atoms with van der Waals surface area (Å²) in [4.78, 5) is 17.9. The van der Waals surface area contributed by atoms with Crippen LogP contribution >= 0.6 is 0 Å². The Morgan fingerprint density at radius 3 is 2.63 bits per heavy atom. The lowest BCUT2D eigenvalue weighted by molar-refractivity contribution is -0.131. The SMILES string of the molecule is CN(Cc1cccnc1)C(=O)C(N)c1ccccc1. The summed E-state index contributed by atoms with van der Waals surface area (Å²) < 4.78 is 0. The highest BCUT2D eigenvalue weighted by Crippen LogP contribution is 2.13. The first kappa shape index (κ1) is 13.2. The molecule has 0 bridgehead atoms. The standard InChI is InChI=1S/C15H17N3O/c1-18(11-12-6-5-9-17-10-12)15(19)14(16)13-7-3-2-4-8-13/h2-10,14H,11,16H2,1H3. The number of rotatable bonds is 4. The Balaban J connectivity index is 2.03. The molecule has 0 fully saturated rings. The fourth-order valence-corrected chi connectivity index (χ4v) is 1.88. The van der Waals surface area contributed by atoms with Gasteiger partial charge in [-0.3, -0.25) is 9.78 Å². The van der Waals surface area contributed by atoms with Gasteiger partial charge in [-0.25, -0.2) is 0 Å². The predicted octanol–water partition coefficient (Wildman–Crippen LogP) is 1.74. The van der Waals surface area contributed by atoms with Gasteiger partial charge in [0.2, 0.25) is 5.91 Å². The summed E-state index contributed by atoms with van der Waals surface area (Å²) in [6.07, 6.45) is 3.46. The molecule has 4 heteroatoms. The molecule has 1 aromatic heterocycles. The Kier molecular flexibility index (Phi) is 4.26. The number of aromatic nitrogens is 1. The molecule has 1 heterocycles. The zero-order chi connectivity index (χ0) is 13.7. The lowest BCUT2D eigenvalue weighted by Gasteiger charge is -2.21. The number of amides is 1. The maximum Gasteiger partial charge on any atom is 0.244 e. The van der Waals surface area contributed by atoms with Crippen molar-refractivity contribution in [3.05, 3.63) is 66.0 Å². The minimum absolute atomic E-state index is 0.102. The highest BCUT2D eigenvalue weighted by Gasteiger charge is 2.19. The molecule has 19 heavy (non-hydrogen) atoms. The molecule has 2 N–H and O–H groups in total. The van der Waals surface area contributed by atoms with Gasteiger partial charge in [-0.05, 0) is 17.2 Å². The van der Waals surface area contributed by atoms with Gasteiger partial charge in [0.1, 0.15) is 6.04 Å². The van der Waals surface area contributed by atoms with Crippen molar-refractivity contribution in [2.45, 2.75) is 12.6 Å². The number of hydrogen-bond acceptors (Lipinski definition) is 3. The van der Waals surface area contributed by atoms with E-state index in [-0.39, 0.29) is 5.91 Å². The van der Waals surface area contributed by atoms with Crippen LogP contribution in [0, 0.1) is 0 Å². The third-order valence-corrected chi connectivity index (χ3v) is 2.94. The Bertz CT molecular complexity index is 528. The molecule has 1 aromatic carbocycles. The second kappa shape index (κ2) is 6.11. The van der Waals surface area contributed by atoms with Crippen LogP contribution in [0.5, 0.6) is 0 Å². The molecule has 0 saturated heterocycles. The maximum atomic E-state index is 12.2. The van der Waals surface area contributed by atoms with Crippen molar-refractivity contribution in [3.8, 4) is 0 Å². The van der Waals surface area contributed by atoms with Gasteiger partial charge in [0.05, 0.1) is 0 Å². The van der Waals surface area contributed by atoms with Crippen LogP contribution in [0.3, 0.4) is 0 Å². The number of hydrogen-bond donors (Lipinski definition) is 1. The summed E-state index contributed by atoms with van der Waals surface area (Å²) in [7, 11) is 1.75. The van der Waals surface area contributed by atoms with Gasteiger partial charge in [0.15, 0.2) is 0 Å². The Morgan fingerprint density at radius 1 is 1.26 bits per heavy atom. The molecule has 1 atom stereocenters. The first-order valence-electron chi connectivity index (χ1n) is 6.13. The van der Waals surface area contributed by atoms with E-state index in [1.165, 1.54) is 0 Å². The zero-order valence-electron chi connectivity index (χ0n) is 10.9. The average Bonchev–Trinajstić information content (AvgIpc) is 2.47. The van der Waals surface area contributed by atoms with Crippen LogP contribution < -0.4 is 5.73 Å². The van der Waals surface area contributed by atoms with Gasteiger partial charge in [-0.1, -0.05) is 36.4 Å². The highest BCUT2D eigenvalue weighted by atomic mass is 16.2. The van der Waals surface area contributed by atoms with E-state index in [0.717, 1.165) is 11.1 Å². The van der Waals surface area contributed by atoms with Gasteiger partial charge >= 0.3 is 0 Å². The number of nitrogens with two attached hydrogens (primary N) is 1. The molecule has 1 unspecified atom stereocenters. The Morgan fingerprint density at radius 2 is 2.00 bits per heavy atom. The summed E-state index contributed by atoms with van der Waals surface area (Å²) in [6.45, 7) is 0.507. The second-order valence-corrected chi connectivity index (χ2v) is 4.44. The lowest BCUT2D eigenvalue weighted by Crippen LogP contribution is -2.35. The first-order valence-corrected chi connectivity index (χ1v) is 6.13. The molecular formula is C15H17N3O. The molecule has 1 amide bonds. The van der Waals surface area contributed by atoms with Gasteiger partial charge in [0, 0.05) is 26.0 Å². The van der Waals surface area contributed by atoms with Crippen molar-refractivity contribution in [2.75, 3.05) is 7.05 Å². The third kappa shape index (κ3) is 3.39. The van der Waals surface area contributed by atoms with Crippen molar-refractivity contribution < 1.29 is 4.79 Å². The molecule has 98 valence electrons. The maximum absolute atomic E-state index is 12.2. The topological polar surface area (TPSA) is 59.2 Å². The van der Waals surface area contributed by atoms with Crippen LogP contribution in [0.2, 0.25) is 0 Å². The molecular weight excluding hydrogens is 238 g/mol. The van der Waals surface area contributed by atoms with E-state index >= 15 is 0 Å². The monoisotopic (exact) mass is 255 g/mol.